The van der Waals surface area contributed by atoms with Crippen molar-refractivity contribution in [1.29, 1.82) is 0 Å². The van der Waals surface area contributed by atoms with Crippen molar-refractivity contribution in [3.05, 3.63) is 0 Å². The van der Waals surface area contributed by atoms with Gasteiger partial charge < -0.3 is 16.4 Å². The van der Waals surface area contributed by atoms with Gasteiger partial charge in [-0.05, 0) is 0 Å². The Morgan fingerprint density at radius 3 is 0.833 bits per heavy atom. The Bertz CT molecular complexity index is 10.8. The summed E-state index contributed by atoms with van der Waals surface area (Å²) in [7, 11) is 1.47. The first-order valence-corrected chi connectivity index (χ1v) is 0.567. The third-order valence-electron chi connectivity index (χ3n) is 0. The third-order valence-corrected chi connectivity index (χ3v) is 0. The topological polar surface area (TPSA) is 85.5 Å². The van der Waals surface area contributed by atoms with Gasteiger partial charge >= 0.3 is 32.0 Å². The van der Waals surface area contributed by atoms with E-state index in [1.165, 1.54) is 10.6 Å². The molecule has 0 unspecified atom stereocenters. The van der Waals surface area contributed by atoms with Crippen LogP contribution in [0.15, 0.2) is 0 Å². The molecule has 0 bridgehead atoms. The Morgan fingerprint density at radius 1 is 0.833 bits per heavy atom. The summed E-state index contributed by atoms with van der Waals surface area (Å²) in [6.45, 7) is 0. The number of hydrogen-bond donors (Lipinski definition) is 0. The predicted molar refractivity (Wildman–Crippen MR) is 14.7 cm³/mol. The number of halogens is 1. The first kappa shape index (κ1) is 83.4. The summed E-state index contributed by atoms with van der Waals surface area (Å²) in [4.78, 5) is 0. The minimum atomic E-state index is 0. The van der Waals surface area contributed by atoms with Crippen LogP contribution in [0.1, 0.15) is 0 Å². The zero-order valence-electron chi connectivity index (χ0n) is 2.68. The van der Waals surface area contributed by atoms with Crippen LogP contribution in [0.5, 0.6) is 0 Å². The van der Waals surface area contributed by atoms with Gasteiger partial charge in [-0.2, -0.15) is 0 Å². The average molecular weight is 122 g/mol. The van der Waals surface area contributed by atoms with Gasteiger partial charge in [0.25, 0.3) is 0 Å². The van der Waals surface area contributed by atoms with Crippen molar-refractivity contribution in [3.8, 4) is 0 Å². The van der Waals surface area contributed by atoms with Crippen molar-refractivity contribution in [2.45, 2.75) is 0 Å². The molecule has 6 heteroatoms. The van der Waals surface area contributed by atoms with Gasteiger partial charge in [0, 0.05) is 0 Å². The van der Waals surface area contributed by atoms with Gasteiger partial charge in [-0.15, -0.1) is 0 Å². The van der Waals surface area contributed by atoms with Crippen molar-refractivity contribution < 1.29 is 20.5 Å². The molecule has 3 nitrogen and oxygen atoms in total. The molecule has 0 atom stereocenters. The molecule has 0 aromatic heterocycles. The van der Waals surface area contributed by atoms with E-state index in [4.69, 9.17) is 0 Å². The standard InChI is InChI=1S/Al.FSi.3O/c;1-2;;;/q2*+3;3*-2. The summed E-state index contributed by atoms with van der Waals surface area (Å²) in [5, 5.41) is 0. The van der Waals surface area contributed by atoms with Crippen LogP contribution >= 0.6 is 0 Å². The summed E-state index contributed by atoms with van der Waals surface area (Å²) in [6.07, 6.45) is 0. The summed E-state index contributed by atoms with van der Waals surface area (Å²) in [5.41, 5.74) is 0. The molecule has 0 saturated heterocycles. The molecule has 0 amide bonds. The molecule has 0 aliphatic rings. The molecule has 0 radical (unpaired) electrons. The van der Waals surface area contributed by atoms with Crippen molar-refractivity contribution in [2.75, 3.05) is 0 Å². The molecular formula is AlFO3Si. The molecule has 0 aromatic carbocycles. The smallest absolute Gasteiger partial charge is 2.00 e. The van der Waals surface area contributed by atoms with Crippen LogP contribution in [0.4, 0.5) is 4.11 Å². The maximum absolute atomic E-state index is 9.31. The second kappa shape index (κ2) is 369. The molecule has 0 fully saturated rings. The minimum absolute atomic E-state index is 0. The van der Waals surface area contributed by atoms with E-state index in [-0.39, 0.29) is 33.8 Å². The molecule has 0 N–H and O–H groups in total. The van der Waals surface area contributed by atoms with Crippen LogP contribution < -0.4 is 0 Å². The maximum Gasteiger partial charge on any atom is 3.00 e. The first-order chi connectivity index (χ1) is 1.00. The molecule has 0 aromatic rings. The molecular weight excluding hydrogens is 122 g/mol. The van der Waals surface area contributed by atoms with Crippen LogP contribution in [-0.2, 0) is 16.4 Å². The van der Waals surface area contributed by atoms with Crippen LogP contribution in [0.25, 0.3) is 0 Å². The first-order valence-electron chi connectivity index (χ1n) is 0.189. The molecule has 0 saturated carbocycles. The van der Waals surface area contributed by atoms with E-state index in [0.29, 0.717) is 0 Å². The summed E-state index contributed by atoms with van der Waals surface area (Å²) in [5.74, 6) is 0. The van der Waals surface area contributed by atoms with E-state index in [1.807, 2.05) is 0 Å². The largest absolute Gasteiger partial charge is 3.00 e. The van der Waals surface area contributed by atoms with E-state index in [1.54, 1.807) is 0 Å². The molecule has 0 spiro atoms. The van der Waals surface area contributed by atoms with Gasteiger partial charge in [-0.1, -0.05) is 0 Å². The van der Waals surface area contributed by atoms with Crippen molar-refractivity contribution >= 4 is 27.9 Å². The fourth-order valence-electron chi connectivity index (χ4n) is 0. The quantitative estimate of drug-likeness (QED) is 0.300. The van der Waals surface area contributed by atoms with Crippen LogP contribution in [-0.4, -0.2) is 27.9 Å². The Labute approximate surface area is 49.2 Å². The fraction of sp³-hybridized carbons (Fsp3) is 0. The third kappa shape index (κ3) is 185. The van der Waals surface area contributed by atoms with Gasteiger partial charge in [0.05, 0.1) is 0 Å². The zero-order valence-corrected chi connectivity index (χ0v) is 4.83. The zero-order chi connectivity index (χ0) is 2.00. The minimum Gasteiger partial charge on any atom is -2.00 e. The number of rotatable bonds is 0. The van der Waals surface area contributed by atoms with Crippen molar-refractivity contribution in [3.63, 3.8) is 0 Å². The van der Waals surface area contributed by atoms with Crippen LogP contribution in [0.2, 0.25) is 0 Å². The molecule has 0 rings (SSSR count). The van der Waals surface area contributed by atoms with Gasteiger partial charge in [-0.25, -0.2) is 0 Å². The second-order valence-corrected chi connectivity index (χ2v) is 0. The molecule has 0 aliphatic carbocycles. The van der Waals surface area contributed by atoms with Gasteiger partial charge in [0.1, 0.15) is 0 Å². The monoisotopic (exact) mass is 122 g/mol. The van der Waals surface area contributed by atoms with Crippen molar-refractivity contribution in [2.24, 2.45) is 0 Å². The normalized spacial score (nSPS) is 1.17. The number of hydrogen-bond acceptors (Lipinski definition) is 0. The average Bonchev–Trinajstić information content (AvgIpc) is 1.00. The predicted octanol–water partition coefficient (Wildman–Crippen LogP) is -0.698. The Kier molecular flexibility index (Phi) is 5130. The Hall–Kier alpha value is 0.559. The molecule has 0 heterocycles. The molecule has 6 heavy (non-hydrogen) atoms. The SMILES string of the molecule is F[Si+3].[Al+3].[O-2].[O-2].[O-2]. The summed E-state index contributed by atoms with van der Waals surface area (Å²) >= 11 is 0. The van der Waals surface area contributed by atoms with Gasteiger partial charge in [0.2, 0.25) is 0 Å². The van der Waals surface area contributed by atoms with E-state index in [9.17, 15) is 4.11 Å². The van der Waals surface area contributed by atoms with E-state index in [0.717, 1.165) is 0 Å². The second-order valence-electron chi connectivity index (χ2n) is 0. The molecule has 32 valence electrons. The Morgan fingerprint density at radius 2 is 0.833 bits per heavy atom. The maximum atomic E-state index is 9.31. The van der Waals surface area contributed by atoms with E-state index in [2.05, 4.69) is 0 Å². The van der Waals surface area contributed by atoms with Gasteiger partial charge in [-0.3, -0.25) is 0 Å². The van der Waals surface area contributed by atoms with Crippen LogP contribution in [0.3, 0.4) is 0 Å². The fourth-order valence-corrected chi connectivity index (χ4v) is 0. The van der Waals surface area contributed by atoms with Crippen LogP contribution in [0, 0.1) is 0 Å². The van der Waals surface area contributed by atoms with E-state index < -0.39 is 0 Å². The Balaban J connectivity index is -0.000000000833. The van der Waals surface area contributed by atoms with Crippen molar-refractivity contribution in [1.82, 2.24) is 0 Å². The summed E-state index contributed by atoms with van der Waals surface area (Å²) < 4.78 is 9.31. The molecule has 0 aliphatic heterocycles. The summed E-state index contributed by atoms with van der Waals surface area (Å²) in [6, 6.07) is 0. The van der Waals surface area contributed by atoms with E-state index >= 15 is 0 Å². The van der Waals surface area contributed by atoms with Gasteiger partial charge in [0.15, 0.2) is 0 Å².